The standard InChI is InChI=1S/C16H16N4O3/c1-17-16(22)14-5-3-7-20(10-14)12-15(21)11-19-6-2-4-13(9-19)8-18-23/h2-10H,11-12H2,1H3/p+2/b18-8+. The van der Waals surface area contributed by atoms with Crippen molar-refractivity contribution in [2.75, 3.05) is 7.05 Å². The summed E-state index contributed by atoms with van der Waals surface area (Å²) in [6.07, 6.45) is 8.14. The predicted molar refractivity (Wildman–Crippen MR) is 81.1 cm³/mol. The van der Waals surface area contributed by atoms with E-state index in [1.165, 1.54) is 6.21 Å². The predicted octanol–water partition coefficient (Wildman–Crippen LogP) is -0.301. The summed E-state index contributed by atoms with van der Waals surface area (Å²) in [6, 6.07) is 6.95. The van der Waals surface area contributed by atoms with Crippen molar-refractivity contribution in [2.24, 2.45) is 5.16 Å². The number of hydrogen-bond acceptors (Lipinski definition) is 4. The van der Waals surface area contributed by atoms with Gasteiger partial charge in [-0.3, -0.25) is 9.59 Å². The van der Waals surface area contributed by atoms with Gasteiger partial charge in [0.05, 0.1) is 11.8 Å². The Morgan fingerprint density at radius 2 is 1.83 bits per heavy atom. The van der Waals surface area contributed by atoms with Gasteiger partial charge in [-0.05, 0) is 12.1 Å². The molecule has 0 aliphatic heterocycles. The number of amides is 1. The Hall–Kier alpha value is -3.09. The van der Waals surface area contributed by atoms with Gasteiger partial charge in [0.1, 0.15) is 5.56 Å². The van der Waals surface area contributed by atoms with Crippen molar-refractivity contribution in [3.05, 3.63) is 60.2 Å². The Kier molecular flexibility index (Phi) is 5.51. The number of hydrogen-bond donors (Lipinski definition) is 2. The Bertz CT molecular complexity index is 744. The van der Waals surface area contributed by atoms with Gasteiger partial charge in [0, 0.05) is 19.2 Å². The van der Waals surface area contributed by atoms with Crippen molar-refractivity contribution in [3.63, 3.8) is 0 Å². The summed E-state index contributed by atoms with van der Waals surface area (Å²) in [4.78, 5) is 23.8. The lowest BCUT2D eigenvalue weighted by atomic mass is 10.2. The number of aromatic nitrogens is 2. The molecule has 23 heavy (non-hydrogen) atoms. The molecular weight excluding hydrogens is 296 g/mol. The fourth-order valence-electron chi connectivity index (χ4n) is 2.14. The third-order valence-corrected chi connectivity index (χ3v) is 3.15. The molecule has 0 saturated heterocycles. The number of rotatable bonds is 6. The molecule has 2 heterocycles. The highest BCUT2D eigenvalue weighted by Crippen LogP contribution is 1.94. The van der Waals surface area contributed by atoms with E-state index in [-0.39, 0.29) is 24.8 Å². The molecule has 0 unspecified atom stereocenters. The van der Waals surface area contributed by atoms with Crippen LogP contribution in [0.5, 0.6) is 0 Å². The smallest absolute Gasteiger partial charge is 0.261 e. The van der Waals surface area contributed by atoms with E-state index in [0.29, 0.717) is 11.1 Å². The van der Waals surface area contributed by atoms with Crippen molar-refractivity contribution in [2.45, 2.75) is 13.1 Å². The van der Waals surface area contributed by atoms with Crippen LogP contribution in [0.15, 0.2) is 54.2 Å². The SMILES string of the molecule is CNC(=O)c1ccc[n+](CC(=O)C[n+]2cccc(/C=N/O)c2)c1. The van der Waals surface area contributed by atoms with E-state index in [9.17, 15) is 9.59 Å². The molecule has 7 nitrogen and oxygen atoms in total. The first-order valence-corrected chi connectivity index (χ1v) is 7.02. The average Bonchev–Trinajstić information content (AvgIpc) is 2.55. The molecular formula is C16H18N4O3+2. The van der Waals surface area contributed by atoms with E-state index < -0.39 is 0 Å². The Morgan fingerprint density at radius 3 is 2.48 bits per heavy atom. The van der Waals surface area contributed by atoms with Crippen LogP contribution in [0.25, 0.3) is 0 Å². The highest BCUT2D eigenvalue weighted by molar-refractivity contribution is 5.93. The minimum Gasteiger partial charge on any atom is -0.411 e. The van der Waals surface area contributed by atoms with Gasteiger partial charge in [0.15, 0.2) is 24.8 Å². The van der Waals surface area contributed by atoms with Crippen molar-refractivity contribution in [3.8, 4) is 0 Å². The van der Waals surface area contributed by atoms with Crippen LogP contribution in [0.1, 0.15) is 15.9 Å². The van der Waals surface area contributed by atoms with Gasteiger partial charge in [-0.15, -0.1) is 0 Å². The molecule has 2 aromatic rings. The highest BCUT2D eigenvalue weighted by Gasteiger charge is 2.16. The van der Waals surface area contributed by atoms with Crippen molar-refractivity contribution < 1.29 is 23.9 Å². The maximum absolute atomic E-state index is 12.2. The zero-order chi connectivity index (χ0) is 16.7. The molecule has 0 spiro atoms. The van der Waals surface area contributed by atoms with Crippen LogP contribution in [0.4, 0.5) is 0 Å². The third kappa shape index (κ3) is 4.70. The first kappa shape index (κ1) is 16.3. The van der Waals surface area contributed by atoms with Crippen molar-refractivity contribution >= 4 is 17.9 Å². The van der Waals surface area contributed by atoms with Crippen LogP contribution in [0.2, 0.25) is 0 Å². The number of pyridine rings is 2. The zero-order valence-corrected chi connectivity index (χ0v) is 12.7. The number of nitrogens with one attached hydrogen (secondary N) is 1. The summed E-state index contributed by atoms with van der Waals surface area (Å²) < 4.78 is 3.38. The molecule has 2 N–H and O–H groups in total. The normalized spacial score (nSPS) is 10.7. The summed E-state index contributed by atoms with van der Waals surface area (Å²) in [7, 11) is 1.56. The Morgan fingerprint density at radius 1 is 1.17 bits per heavy atom. The first-order valence-electron chi connectivity index (χ1n) is 7.02. The third-order valence-electron chi connectivity index (χ3n) is 3.15. The van der Waals surface area contributed by atoms with Gasteiger partial charge in [-0.2, -0.15) is 9.13 Å². The number of ketones is 1. The van der Waals surface area contributed by atoms with E-state index in [1.807, 2.05) is 0 Å². The number of carbonyl (C=O) groups is 2. The lowest BCUT2D eigenvalue weighted by Gasteiger charge is -1.99. The van der Waals surface area contributed by atoms with Gasteiger partial charge < -0.3 is 10.5 Å². The van der Waals surface area contributed by atoms with Crippen LogP contribution in [0, 0.1) is 0 Å². The molecule has 0 aromatic carbocycles. The molecule has 2 aromatic heterocycles. The topological polar surface area (TPSA) is 86.5 Å². The van der Waals surface area contributed by atoms with Gasteiger partial charge in [-0.1, -0.05) is 5.16 Å². The van der Waals surface area contributed by atoms with E-state index in [4.69, 9.17) is 5.21 Å². The van der Waals surface area contributed by atoms with Crippen LogP contribution in [-0.2, 0) is 17.9 Å². The van der Waals surface area contributed by atoms with Crippen LogP contribution < -0.4 is 14.5 Å². The molecule has 7 heteroatoms. The van der Waals surface area contributed by atoms with Crippen LogP contribution in [0.3, 0.4) is 0 Å². The maximum atomic E-state index is 12.2. The number of nitrogens with zero attached hydrogens (tertiary/aromatic N) is 3. The molecule has 0 bridgehead atoms. The summed E-state index contributed by atoms with van der Waals surface area (Å²) >= 11 is 0. The molecule has 118 valence electrons. The van der Waals surface area contributed by atoms with Crippen molar-refractivity contribution in [1.82, 2.24) is 5.32 Å². The maximum Gasteiger partial charge on any atom is 0.261 e. The molecule has 0 aliphatic rings. The van der Waals surface area contributed by atoms with Crippen molar-refractivity contribution in [1.29, 1.82) is 0 Å². The summed E-state index contributed by atoms with van der Waals surface area (Å²) in [6.45, 7) is 0.348. The average molecular weight is 314 g/mol. The quantitative estimate of drug-likeness (QED) is 0.332. The highest BCUT2D eigenvalue weighted by atomic mass is 16.4. The Balaban J connectivity index is 2.05. The minimum absolute atomic E-state index is 0.0212. The fraction of sp³-hybridized carbons (Fsp3) is 0.188. The molecule has 0 radical (unpaired) electrons. The lowest BCUT2D eigenvalue weighted by molar-refractivity contribution is -0.702. The van der Waals surface area contributed by atoms with E-state index in [0.717, 1.165) is 0 Å². The van der Waals surface area contributed by atoms with Gasteiger partial charge in [0.25, 0.3) is 11.7 Å². The lowest BCUT2D eigenvalue weighted by Crippen LogP contribution is -2.45. The first-order chi connectivity index (χ1) is 11.1. The van der Waals surface area contributed by atoms with Gasteiger partial charge >= 0.3 is 0 Å². The molecule has 0 saturated carbocycles. The number of Topliss-reactive ketones (excluding diaryl/α,β-unsaturated/α-hetero) is 1. The van der Waals surface area contributed by atoms with Gasteiger partial charge in [-0.25, -0.2) is 0 Å². The molecule has 1 amide bonds. The largest absolute Gasteiger partial charge is 0.411 e. The van der Waals surface area contributed by atoms with E-state index in [2.05, 4.69) is 10.5 Å². The molecule has 0 aliphatic carbocycles. The second-order valence-corrected chi connectivity index (χ2v) is 4.94. The van der Waals surface area contributed by atoms with E-state index in [1.54, 1.807) is 65.2 Å². The van der Waals surface area contributed by atoms with Gasteiger partial charge in [0.2, 0.25) is 13.1 Å². The Labute approximate surface area is 133 Å². The number of carbonyl (C=O) groups excluding carboxylic acids is 2. The zero-order valence-electron chi connectivity index (χ0n) is 12.7. The molecule has 0 fully saturated rings. The number of oxime groups is 1. The second kappa shape index (κ2) is 7.79. The molecule has 2 rings (SSSR count). The van der Waals surface area contributed by atoms with Crippen LogP contribution in [-0.4, -0.2) is 30.2 Å². The van der Waals surface area contributed by atoms with E-state index >= 15 is 0 Å². The minimum atomic E-state index is -0.197. The fourth-order valence-corrected chi connectivity index (χ4v) is 2.14. The molecule has 0 atom stereocenters. The monoisotopic (exact) mass is 314 g/mol. The summed E-state index contributed by atoms with van der Waals surface area (Å²) in [5, 5.41) is 14.0. The summed E-state index contributed by atoms with van der Waals surface area (Å²) in [5.74, 6) is -0.218. The second-order valence-electron chi connectivity index (χ2n) is 4.94. The van der Waals surface area contributed by atoms with Crippen LogP contribution >= 0.6 is 0 Å². The summed E-state index contributed by atoms with van der Waals surface area (Å²) in [5.41, 5.74) is 1.19.